The number of aryl methyl sites for hydroxylation is 2. The first-order chi connectivity index (χ1) is 37.3. The first-order valence-electron chi connectivity index (χ1n) is 28.4. The van der Waals surface area contributed by atoms with Crippen LogP contribution in [0.15, 0.2) is 61.1 Å². The number of benzene rings is 1. The Kier molecular flexibility index (Phi) is 21.0. The summed E-state index contributed by atoms with van der Waals surface area (Å²) >= 11 is 0. The number of aliphatic hydroxyl groups is 5. The van der Waals surface area contributed by atoms with Crippen molar-refractivity contribution in [2.24, 2.45) is 17.8 Å². The van der Waals surface area contributed by atoms with Crippen molar-refractivity contribution in [1.82, 2.24) is 44.8 Å². The minimum atomic E-state index is -1.84. The maximum absolute atomic E-state index is 14.5. The van der Waals surface area contributed by atoms with E-state index in [0.717, 1.165) is 42.9 Å². The molecule has 3 aliphatic heterocycles. The second-order valence-corrected chi connectivity index (χ2v) is 23.8. The molecule has 6 heterocycles. The standard InChI is InChI=1S/C58H91N9O12/c1-14-47-58(10,73)51(69)39(6)65(12)32-35(2)30-56(8,72)53(37(4)50(38(5)54(71)77-47)78-48-31-57(9,74-13)52(70)40(7)76-48)79-55-49(68)46(29-36(3)75-55)64(11)28-25-42-33-66(62-60-42)27-18-16-19-41-21-23-43(24-22-41)67-34-45(61-63-67)44-20-15-17-26-59-44/h15,17,20-24,26,33-40,46-53,55,68-70,72-73H,14,16,18-19,25,27-32H2,1-13H3/t35-,36-,37+,38-,39-,40+,46+,47-,48+,49-,50+,51-,52+,53-,55+,56-,57-,58-/m1/s1. The van der Waals surface area contributed by atoms with E-state index in [9.17, 15) is 30.3 Å². The lowest BCUT2D eigenvalue weighted by Crippen LogP contribution is -2.61. The Balaban J connectivity index is 1.03. The van der Waals surface area contributed by atoms with Crippen LogP contribution in [0.3, 0.4) is 0 Å². The highest BCUT2D eigenvalue weighted by atomic mass is 16.7. The summed E-state index contributed by atoms with van der Waals surface area (Å²) in [5, 5.41) is 77.4. The molecule has 440 valence electrons. The summed E-state index contributed by atoms with van der Waals surface area (Å²) in [6.07, 6.45) is 0.00263. The van der Waals surface area contributed by atoms with Crippen LogP contribution in [0.1, 0.15) is 119 Å². The number of likely N-dealkylation sites (N-methyl/N-ethyl adjacent to an activating group) is 2. The van der Waals surface area contributed by atoms with Crippen LogP contribution < -0.4 is 0 Å². The number of ether oxygens (including phenoxy) is 6. The third-order valence-corrected chi connectivity index (χ3v) is 17.1. The largest absolute Gasteiger partial charge is 0.459 e. The lowest BCUT2D eigenvalue weighted by Gasteiger charge is -2.49. The minimum absolute atomic E-state index is 0.104. The number of carbonyl (C=O) groups excluding carboxylic acids is 1. The number of aromatic nitrogens is 7. The summed E-state index contributed by atoms with van der Waals surface area (Å²) in [7, 11) is 5.31. The first-order valence-corrected chi connectivity index (χ1v) is 28.4. The first kappa shape index (κ1) is 62.2. The van der Waals surface area contributed by atoms with Crippen LogP contribution in [0.2, 0.25) is 0 Å². The van der Waals surface area contributed by atoms with Gasteiger partial charge in [0.1, 0.15) is 35.7 Å². The molecule has 4 aromatic rings. The molecule has 3 saturated heterocycles. The van der Waals surface area contributed by atoms with Crippen molar-refractivity contribution in [3.8, 4) is 17.1 Å². The number of unbranched alkanes of at least 4 members (excludes halogenated alkanes) is 1. The van der Waals surface area contributed by atoms with Gasteiger partial charge in [-0.15, -0.1) is 10.2 Å². The fraction of sp³-hybridized carbons (Fsp3) is 0.724. The molecule has 3 aliphatic rings. The van der Waals surface area contributed by atoms with Gasteiger partial charge in [-0.1, -0.05) is 49.4 Å². The Hall–Kier alpha value is -4.36. The van der Waals surface area contributed by atoms with Gasteiger partial charge in [-0.25, -0.2) is 4.68 Å². The molecule has 1 aromatic carbocycles. The average Bonchev–Trinajstić information content (AvgIpc) is 4.18. The van der Waals surface area contributed by atoms with Crippen molar-refractivity contribution < 1.29 is 58.7 Å². The van der Waals surface area contributed by atoms with E-state index >= 15 is 0 Å². The minimum Gasteiger partial charge on any atom is -0.459 e. The SMILES string of the molecule is CC[C@H]1OC(=O)[C@H](C)[C@@H](O[C@H]2C[C@@](C)(OC)[C@@H](O)[C@H](C)O2)[C@H](C)[C@@H](O[C@@H]2O[C@H](C)C[C@H](N(C)CCc3cn(CCCCc4ccc(-n5cc(-c6ccccn6)nn5)cc4)nn3)[C@H]2O)[C@](C)(O)C[C@@H](C)CN(C)[C@H](C)[C@@H](O)[C@]1(C)O. The predicted molar refractivity (Wildman–Crippen MR) is 294 cm³/mol. The van der Waals surface area contributed by atoms with E-state index in [4.69, 9.17) is 28.4 Å². The van der Waals surface area contributed by atoms with Gasteiger partial charge in [0.25, 0.3) is 0 Å². The maximum Gasteiger partial charge on any atom is 0.311 e. The Morgan fingerprint density at radius 2 is 1.59 bits per heavy atom. The molecular weight excluding hydrogens is 1010 g/mol. The fourth-order valence-corrected chi connectivity index (χ4v) is 12.1. The number of esters is 1. The van der Waals surface area contributed by atoms with E-state index in [1.165, 1.54) is 19.6 Å². The number of carbonyl (C=O) groups is 1. The fourth-order valence-electron chi connectivity index (χ4n) is 12.1. The van der Waals surface area contributed by atoms with Crippen molar-refractivity contribution in [1.29, 1.82) is 0 Å². The second kappa shape index (κ2) is 26.7. The highest BCUT2D eigenvalue weighted by molar-refractivity contribution is 5.73. The number of hydrogen-bond donors (Lipinski definition) is 5. The van der Waals surface area contributed by atoms with E-state index in [-0.39, 0.29) is 31.3 Å². The lowest BCUT2D eigenvalue weighted by molar-refractivity contribution is -0.318. The van der Waals surface area contributed by atoms with E-state index in [0.29, 0.717) is 31.6 Å². The molecule has 0 spiro atoms. The molecule has 0 bridgehead atoms. The Morgan fingerprint density at radius 1 is 0.861 bits per heavy atom. The molecule has 0 radical (unpaired) electrons. The summed E-state index contributed by atoms with van der Waals surface area (Å²) < 4.78 is 42.1. The topological polar surface area (TPSA) is 254 Å². The monoisotopic (exact) mass is 1110 g/mol. The van der Waals surface area contributed by atoms with E-state index in [1.54, 1.807) is 52.4 Å². The van der Waals surface area contributed by atoms with Crippen LogP contribution in [-0.4, -0.2) is 201 Å². The average molecular weight is 1110 g/mol. The normalized spacial score (nSPS) is 36.6. The summed E-state index contributed by atoms with van der Waals surface area (Å²) in [6.45, 7) is 19.3. The van der Waals surface area contributed by atoms with Crippen LogP contribution in [0, 0.1) is 17.8 Å². The molecule has 0 unspecified atom stereocenters. The Morgan fingerprint density at radius 3 is 2.28 bits per heavy atom. The summed E-state index contributed by atoms with van der Waals surface area (Å²) in [6, 6.07) is 13.1. The highest BCUT2D eigenvalue weighted by Gasteiger charge is 2.53. The van der Waals surface area contributed by atoms with Crippen LogP contribution in [0.4, 0.5) is 0 Å². The van der Waals surface area contributed by atoms with Gasteiger partial charge in [0.2, 0.25) is 0 Å². The van der Waals surface area contributed by atoms with Gasteiger partial charge in [-0.05, 0) is 137 Å². The maximum atomic E-state index is 14.5. The van der Waals surface area contributed by atoms with Crippen molar-refractivity contribution in [3.05, 3.63) is 72.3 Å². The molecule has 0 saturated carbocycles. The molecule has 0 amide bonds. The zero-order valence-corrected chi connectivity index (χ0v) is 48.8. The molecule has 18 atom stereocenters. The predicted octanol–water partition coefficient (Wildman–Crippen LogP) is 4.77. The van der Waals surface area contributed by atoms with E-state index in [1.807, 2.05) is 87.2 Å². The van der Waals surface area contributed by atoms with Gasteiger partial charge < -0.3 is 63.8 Å². The molecule has 5 N–H and O–H groups in total. The number of aliphatic hydroxyl groups excluding tert-OH is 3. The zero-order valence-electron chi connectivity index (χ0n) is 48.8. The molecule has 0 aliphatic carbocycles. The number of pyridine rings is 1. The van der Waals surface area contributed by atoms with Gasteiger partial charge in [0.05, 0.1) is 64.8 Å². The van der Waals surface area contributed by atoms with Gasteiger partial charge in [-0.3, -0.25) is 14.5 Å². The summed E-state index contributed by atoms with van der Waals surface area (Å²) in [5.74, 6) is -2.77. The Bertz CT molecular complexity index is 2520. The summed E-state index contributed by atoms with van der Waals surface area (Å²) in [4.78, 5) is 22.9. The quantitative estimate of drug-likeness (QED) is 0.0705. The number of nitrogens with zero attached hydrogens (tertiary/aromatic N) is 9. The van der Waals surface area contributed by atoms with Crippen molar-refractivity contribution in [3.63, 3.8) is 0 Å². The smallest absolute Gasteiger partial charge is 0.311 e. The third kappa shape index (κ3) is 15.0. The molecular formula is C58H91N9O12. The number of cyclic esters (lactones) is 1. The van der Waals surface area contributed by atoms with Gasteiger partial charge in [0, 0.05) is 70.0 Å². The van der Waals surface area contributed by atoms with Crippen LogP contribution in [0.5, 0.6) is 0 Å². The lowest BCUT2D eigenvalue weighted by atomic mass is 9.77. The summed E-state index contributed by atoms with van der Waals surface area (Å²) in [5.41, 5.74) is -0.0487. The number of hydrogen-bond acceptors (Lipinski definition) is 19. The van der Waals surface area contributed by atoms with Gasteiger partial charge in [-0.2, -0.15) is 0 Å². The van der Waals surface area contributed by atoms with E-state index in [2.05, 4.69) is 42.6 Å². The van der Waals surface area contributed by atoms with Crippen LogP contribution in [0.25, 0.3) is 17.1 Å². The zero-order chi connectivity index (χ0) is 57.6. The number of methoxy groups -OCH3 is 1. The third-order valence-electron chi connectivity index (χ3n) is 17.1. The molecule has 21 heteroatoms. The van der Waals surface area contributed by atoms with Crippen LogP contribution >= 0.6 is 0 Å². The molecule has 7 rings (SSSR count). The molecule has 3 fully saturated rings. The van der Waals surface area contributed by atoms with Crippen LogP contribution in [-0.2, 0) is 52.6 Å². The van der Waals surface area contributed by atoms with Crippen molar-refractivity contribution in [2.45, 2.75) is 217 Å². The molecule has 79 heavy (non-hydrogen) atoms. The van der Waals surface area contributed by atoms with Gasteiger partial charge >= 0.3 is 5.97 Å². The molecule has 3 aromatic heterocycles. The Labute approximate surface area is 466 Å². The number of rotatable bonds is 17. The second-order valence-electron chi connectivity index (χ2n) is 23.8. The molecule has 21 nitrogen and oxygen atoms in total. The van der Waals surface area contributed by atoms with E-state index < -0.39 is 102 Å². The van der Waals surface area contributed by atoms with Crippen molar-refractivity contribution >= 4 is 5.97 Å². The van der Waals surface area contributed by atoms with Crippen molar-refractivity contribution in [2.75, 3.05) is 34.3 Å². The highest BCUT2D eigenvalue weighted by Crippen LogP contribution is 2.40. The van der Waals surface area contributed by atoms with Gasteiger partial charge in [0.15, 0.2) is 12.6 Å².